The first-order valence-corrected chi connectivity index (χ1v) is 3.81. The fraction of sp³-hybridized carbons (Fsp3) is 0.429. The van der Waals surface area contributed by atoms with Gasteiger partial charge in [-0.05, 0) is 0 Å². The molecule has 0 aromatic carbocycles. The van der Waals surface area contributed by atoms with Gasteiger partial charge in [0.2, 0.25) is 0 Å². The molecule has 0 unspecified atom stereocenters. The van der Waals surface area contributed by atoms with Gasteiger partial charge in [-0.1, -0.05) is 0 Å². The van der Waals surface area contributed by atoms with Gasteiger partial charge in [-0.3, -0.25) is 4.79 Å². The summed E-state index contributed by atoms with van der Waals surface area (Å²) in [7, 11) is 0. The predicted molar refractivity (Wildman–Crippen MR) is 45.4 cm³/mol. The number of alkyl halides is 2. The Kier molecular flexibility index (Phi) is 3.13. The number of H-pyrrole nitrogens is 1. The Morgan fingerprint density at radius 1 is 1.64 bits per heavy atom. The van der Waals surface area contributed by atoms with Crippen LogP contribution in [-0.4, -0.2) is 34.1 Å². The van der Waals surface area contributed by atoms with Crippen molar-refractivity contribution in [2.75, 3.05) is 18.5 Å². The molecule has 1 rings (SSSR count). The molecule has 3 N–H and O–H groups in total. The van der Waals surface area contributed by atoms with Gasteiger partial charge in [0.1, 0.15) is 12.4 Å². The van der Waals surface area contributed by atoms with Gasteiger partial charge in [0.25, 0.3) is 11.5 Å². The van der Waals surface area contributed by atoms with E-state index in [1.807, 2.05) is 0 Å². The minimum atomic E-state index is -3.22. The minimum Gasteiger partial charge on any atom is -0.390 e. The normalized spacial score (nSPS) is 11.4. The Hall–Kier alpha value is -1.50. The van der Waals surface area contributed by atoms with Crippen molar-refractivity contribution >= 4 is 5.82 Å². The van der Waals surface area contributed by atoms with Crippen LogP contribution in [0.1, 0.15) is 0 Å². The Balaban J connectivity index is 2.58. The van der Waals surface area contributed by atoms with Gasteiger partial charge in [-0.25, -0.2) is 13.8 Å². The van der Waals surface area contributed by atoms with Gasteiger partial charge < -0.3 is 15.4 Å². The number of nitrogens with one attached hydrogen (secondary N) is 2. The number of aliphatic hydroxyl groups is 1. The molecule has 0 amide bonds. The van der Waals surface area contributed by atoms with Crippen molar-refractivity contribution in [1.29, 1.82) is 0 Å². The highest BCUT2D eigenvalue weighted by atomic mass is 19.3. The molecule has 0 aliphatic carbocycles. The summed E-state index contributed by atoms with van der Waals surface area (Å²) in [6.07, 6.45) is 1.10. The summed E-state index contributed by atoms with van der Waals surface area (Å²) in [5.41, 5.74) is -0.435. The van der Waals surface area contributed by atoms with Crippen LogP contribution in [0.5, 0.6) is 0 Å². The maximum atomic E-state index is 12.5. The predicted octanol–water partition coefficient (Wildman–Crippen LogP) is -0.191. The SMILES string of the molecule is O=c1cc(NCC(F)(F)CO)nc[nH]1. The summed E-state index contributed by atoms with van der Waals surface area (Å²) >= 11 is 0. The van der Waals surface area contributed by atoms with Crippen LogP contribution in [-0.2, 0) is 0 Å². The zero-order chi connectivity index (χ0) is 10.6. The van der Waals surface area contributed by atoms with Crippen LogP contribution in [0.3, 0.4) is 0 Å². The Morgan fingerprint density at radius 2 is 2.36 bits per heavy atom. The first-order chi connectivity index (χ1) is 6.53. The smallest absolute Gasteiger partial charge is 0.287 e. The van der Waals surface area contributed by atoms with Crippen LogP contribution >= 0.6 is 0 Å². The van der Waals surface area contributed by atoms with Crippen molar-refractivity contribution in [1.82, 2.24) is 9.97 Å². The van der Waals surface area contributed by atoms with E-state index in [0.29, 0.717) is 0 Å². The first-order valence-electron chi connectivity index (χ1n) is 3.81. The van der Waals surface area contributed by atoms with E-state index in [-0.39, 0.29) is 5.82 Å². The molecule has 1 heterocycles. The third kappa shape index (κ3) is 3.09. The van der Waals surface area contributed by atoms with Gasteiger partial charge in [0.15, 0.2) is 0 Å². The molecule has 78 valence electrons. The average Bonchev–Trinajstić information content (AvgIpc) is 2.15. The van der Waals surface area contributed by atoms with E-state index >= 15 is 0 Å². The molecule has 7 heteroatoms. The molecular weight excluding hydrogens is 196 g/mol. The summed E-state index contributed by atoms with van der Waals surface area (Å²) in [6, 6.07) is 1.05. The quantitative estimate of drug-likeness (QED) is 0.636. The first kappa shape index (κ1) is 10.6. The van der Waals surface area contributed by atoms with Gasteiger partial charge in [0, 0.05) is 6.07 Å². The fourth-order valence-electron chi connectivity index (χ4n) is 0.741. The summed E-state index contributed by atoms with van der Waals surface area (Å²) in [5.74, 6) is -3.17. The number of nitrogens with zero attached hydrogens (tertiary/aromatic N) is 1. The number of aromatic amines is 1. The van der Waals surface area contributed by atoms with Crippen LogP contribution in [0.15, 0.2) is 17.2 Å². The van der Waals surface area contributed by atoms with Crippen molar-refractivity contribution in [3.63, 3.8) is 0 Å². The molecule has 0 spiro atoms. The van der Waals surface area contributed by atoms with Crippen molar-refractivity contribution in [2.45, 2.75) is 5.92 Å². The lowest BCUT2D eigenvalue weighted by Gasteiger charge is -2.13. The second-order valence-corrected chi connectivity index (χ2v) is 2.66. The monoisotopic (exact) mass is 205 g/mol. The van der Waals surface area contributed by atoms with Gasteiger partial charge in [0.05, 0.1) is 12.9 Å². The Morgan fingerprint density at radius 3 is 2.93 bits per heavy atom. The van der Waals surface area contributed by atoms with Crippen LogP contribution < -0.4 is 10.9 Å². The van der Waals surface area contributed by atoms with Crippen molar-refractivity contribution in [3.8, 4) is 0 Å². The lowest BCUT2D eigenvalue weighted by Crippen LogP contribution is -2.31. The lowest BCUT2D eigenvalue weighted by molar-refractivity contribution is -0.0373. The molecule has 0 atom stereocenters. The maximum Gasteiger partial charge on any atom is 0.287 e. The second-order valence-electron chi connectivity index (χ2n) is 2.66. The maximum absolute atomic E-state index is 12.5. The number of aromatic nitrogens is 2. The molecular formula is C7H9F2N3O2. The summed E-state index contributed by atoms with van der Waals surface area (Å²) < 4.78 is 25.0. The standard InChI is InChI=1S/C7H9F2N3O2/c8-7(9,3-13)2-10-5-1-6(14)12-4-11-5/h1,4,13H,2-3H2,(H2,10,11,12,14). The molecule has 1 aromatic rings. The fourth-order valence-corrected chi connectivity index (χ4v) is 0.741. The highest BCUT2D eigenvalue weighted by molar-refractivity contribution is 5.31. The molecule has 0 fully saturated rings. The number of rotatable bonds is 4. The van der Waals surface area contributed by atoms with Crippen LogP contribution in [0.4, 0.5) is 14.6 Å². The summed E-state index contributed by atoms with van der Waals surface area (Å²) in [6.45, 7) is -2.01. The van der Waals surface area contributed by atoms with E-state index in [9.17, 15) is 13.6 Å². The zero-order valence-corrected chi connectivity index (χ0v) is 7.13. The molecule has 0 saturated carbocycles. The third-order valence-electron chi connectivity index (χ3n) is 1.44. The van der Waals surface area contributed by atoms with Gasteiger partial charge >= 0.3 is 0 Å². The highest BCUT2D eigenvalue weighted by Gasteiger charge is 2.27. The number of halogens is 2. The van der Waals surface area contributed by atoms with E-state index in [4.69, 9.17) is 5.11 Å². The average molecular weight is 205 g/mol. The Labute approximate surface area is 77.8 Å². The number of anilines is 1. The molecule has 0 aliphatic rings. The summed E-state index contributed by atoms with van der Waals surface area (Å²) in [4.78, 5) is 16.5. The highest BCUT2D eigenvalue weighted by Crippen LogP contribution is 2.12. The molecule has 1 aromatic heterocycles. The van der Waals surface area contributed by atoms with E-state index in [1.165, 1.54) is 0 Å². The minimum absolute atomic E-state index is 0.0434. The summed E-state index contributed by atoms with van der Waals surface area (Å²) in [5, 5.41) is 10.5. The largest absolute Gasteiger partial charge is 0.390 e. The van der Waals surface area contributed by atoms with Crippen LogP contribution in [0.25, 0.3) is 0 Å². The lowest BCUT2D eigenvalue weighted by atomic mass is 10.3. The molecule has 14 heavy (non-hydrogen) atoms. The molecule has 0 radical (unpaired) electrons. The molecule has 0 aliphatic heterocycles. The molecule has 5 nitrogen and oxygen atoms in total. The van der Waals surface area contributed by atoms with E-state index in [2.05, 4.69) is 15.3 Å². The van der Waals surface area contributed by atoms with Crippen molar-refractivity contribution < 1.29 is 13.9 Å². The van der Waals surface area contributed by atoms with Crippen molar-refractivity contribution in [3.05, 3.63) is 22.7 Å². The molecule has 0 saturated heterocycles. The zero-order valence-electron chi connectivity index (χ0n) is 7.13. The van der Waals surface area contributed by atoms with E-state index in [0.717, 1.165) is 12.4 Å². The Bertz CT molecular complexity index is 353. The van der Waals surface area contributed by atoms with Crippen LogP contribution in [0, 0.1) is 0 Å². The topological polar surface area (TPSA) is 78.0 Å². The second kappa shape index (κ2) is 4.14. The van der Waals surface area contributed by atoms with Crippen molar-refractivity contribution in [2.24, 2.45) is 0 Å². The number of aliphatic hydroxyl groups excluding tert-OH is 1. The number of hydrogen-bond acceptors (Lipinski definition) is 4. The van der Waals surface area contributed by atoms with E-state index in [1.54, 1.807) is 0 Å². The van der Waals surface area contributed by atoms with E-state index < -0.39 is 24.6 Å². The number of hydrogen-bond donors (Lipinski definition) is 3. The van der Waals surface area contributed by atoms with Gasteiger partial charge in [-0.15, -0.1) is 0 Å². The van der Waals surface area contributed by atoms with Crippen LogP contribution in [0.2, 0.25) is 0 Å². The third-order valence-corrected chi connectivity index (χ3v) is 1.44. The molecule has 0 bridgehead atoms. The van der Waals surface area contributed by atoms with Gasteiger partial charge in [-0.2, -0.15) is 0 Å².